The van der Waals surface area contributed by atoms with Gasteiger partial charge in [-0.15, -0.1) is 11.3 Å². The largest absolute Gasteiger partial charge is 0.480 e. The Morgan fingerprint density at radius 3 is 1.82 bits per heavy atom. The fraction of sp³-hybridized carbons (Fsp3) is 0.425. The lowest BCUT2D eigenvalue weighted by Gasteiger charge is -2.24. The number of thiophene rings is 1. The van der Waals surface area contributed by atoms with E-state index in [-0.39, 0.29) is 42.1 Å². The van der Waals surface area contributed by atoms with Gasteiger partial charge in [-0.25, -0.2) is 0 Å². The Morgan fingerprint density at radius 1 is 0.840 bits per heavy atom. The molecule has 1 aliphatic heterocycles. The van der Waals surface area contributed by atoms with E-state index in [1.54, 1.807) is 11.3 Å². The summed E-state index contributed by atoms with van der Waals surface area (Å²) in [6.07, 6.45) is 14.4. The molecule has 262 valence electrons. The van der Waals surface area contributed by atoms with E-state index in [1.165, 1.54) is 29.9 Å². The SMILES string of the molecule is CCCCc1c(/C=C/C2=C(C#N)C(=C(C#N)C#N)OC2(C)C)sc(/C=C/c2ccc(N(CCOC(C)=O)CCOC(C)=O)cc2)c1CCCC. The number of nitrogens with zero attached hydrogens (tertiary/aromatic N) is 4. The molecule has 0 fully saturated rings. The van der Waals surface area contributed by atoms with Crippen molar-refractivity contribution in [2.75, 3.05) is 31.2 Å². The molecule has 0 aliphatic carbocycles. The lowest BCUT2D eigenvalue weighted by atomic mass is 9.93. The normalized spacial score (nSPS) is 13.5. The standard InChI is InChI=1S/C40H46N4O5S/c1-7-9-11-33-34(12-10-8-2)38(20-18-36-35(27-43)39(31(25-41)26-42)49-40(36,5)6)50-37(33)19-15-30-13-16-32(17-14-30)44(21-23-47-28(3)45)22-24-48-29(4)46/h13-20H,7-12,21-24H2,1-6H3/b19-15+,20-18+. The van der Waals surface area contributed by atoms with Crippen LogP contribution in [0.3, 0.4) is 0 Å². The minimum absolute atomic E-state index is 0.0368. The number of anilines is 1. The zero-order valence-corrected chi connectivity index (χ0v) is 30.7. The topological polar surface area (TPSA) is 136 Å². The first kappa shape index (κ1) is 39.3. The second-order valence-electron chi connectivity index (χ2n) is 12.4. The van der Waals surface area contributed by atoms with Gasteiger partial charge in [0, 0.05) is 34.9 Å². The highest BCUT2D eigenvalue weighted by Crippen LogP contribution is 2.41. The molecule has 0 radical (unpaired) electrons. The maximum Gasteiger partial charge on any atom is 0.302 e. The van der Waals surface area contributed by atoms with Crippen molar-refractivity contribution >= 4 is 47.2 Å². The molecule has 1 aromatic heterocycles. The van der Waals surface area contributed by atoms with Crippen LogP contribution in [0.25, 0.3) is 18.2 Å². The average molecular weight is 695 g/mol. The van der Waals surface area contributed by atoms with Crippen LogP contribution in [0, 0.1) is 34.0 Å². The van der Waals surface area contributed by atoms with Gasteiger partial charge in [0.25, 0.3) is 0 Å². The van der Waals surface area contributed by atoms with Crippen LogP contribution in [0.2, 0.25) is 0 Å². The van der Waals surface area contributed by atoms with Gasteiger partial charge >= 0.3 is 11.9 Å². The van der Waals surface area contributed by atoms with Crippen LogP contribution in [-0.2, 0) is 36.6 Å². The molecular formula is C40H46N4O5S. The summed E-state index contributed by atoms with van der Waals surface area (Å²) in [6, 6.07) is 14.0. The number of ether oxygens (including phenoxy) is 3. The lowest BCUT2D eigenvalue weighted by molar-refractivity contribution is -0.141. The summed E-state index contributed by atoms with van der Waals surface area (Å²) in [7, 11) is 0. The van der Waals surface area contributed by atoms with Crippen molar-refractivity contribution in [3.63, 3.8) is 0 Å². The van der Waals surface area contributed by atoms with Gasteiger partial charge in [-0.05, 0) is 80.5 Å². The van der Waals surface area contributed by atoms with Gasteiger partial charge in [0.15, 0.2) is 11.3 Å². The Bertz CT molecular complexity index is 1740. The van der Waals surface area contributed by atoms with Crippen LogP contribution < -0.4 is 4.90 Å². The van der Waals surface area contributed by atoms with Crippen molar-refractivity contribution in [3.8, 4) is 18.2 Å². The van der Waals surface area contributed by atoms with E-state index in [0.29, 0.717) is 18.7 Å². The third-order valence-corrected chi connectivity index (χ3v) is 9.43. The average Bonchev–Trinajstić information content (AvgIpc) is 3.55. The first-order valence-corrected chi connectivity index (χ1v) is 17.8. The summed E-state index contributed by atoms with van der Waals surface area (Å²) in [4.78, 5) is 26.9. The number of nitriles is 3. The third-order valence-electron chi connectivity index (χ3n) is 8.22. The van der Waals surface area contributed by atoms with Crippen molar-refractivity contribution in [1.82, 2.24) is 0 Å². The molecule has 0 bridgehead atoms. The number of rotatable bonds is 17. The first-order chi connectivity index (χ1) is 24.0. The molecule has 2 heterocycles. The van der Waals surface area contributed by atoms with E-state index in [1.807, 2.05) is 61.2 Å². The molecule has 0 unspecified atom stereocenters. The molecule has 2 aromatic rings. The summed E-state index contributed by atoms with van der Waals surface area (Å²) in [5.41, 5.74) is 4.35. The van der Waals surface area contributed by atoms with Crippen molar-refractivity contribution in [1.29, 1.82) is 15.8 Å². The third kappa shape index (κ3) is 10.7. The molecule has 1 aliphatic rings. The number of allylic oxidation sites excluding steroid dienone is 2. The van der Waals surface area contributed by atoms with Crippen LogP contribution in [0.15, 0.2) is 52.8 Å². The molecule has 0 saturated heterocycles. The highest BCUT2D eigenvalue weighted by molar-refractivity contribution is 7.14. The molecule has 1 aromatic carbocycles. The van der Waals surface area contributed by atoms with Crippen LogP contribution >= 0.6 is 11.3 Å². The smallest absolute Gasteiger partial charge is 0.302 e. The summed E-state index contributed by atoms with van der Waals surface area (Å²) in [6.45, 7) is 12.2. The van der Waals surface area contributed by atoms with E-state index in [2.05, 4.69) is 38.1 Å². The summed E-state index contributed by atoms with van der Waals surface area (Å²) in [5, 5.41) is 28.9. The molecule has 0 N–H and O–H groups in total. The first-order valence-electron chi connectivity index (χ1n) is 17.0. The zero-order chi connectivity index (χ0) is 36.7. The lowest BCUT2D eigenvalue weighted by Crippen LogP contribution is -2.31. The molecule has 0 atom stereocenters. The molecular weight excluding hydrogens is 649 g/mol. The Kier molecular flexibility index (Phi) is 15.1. The monoisotopic (exact) mass is 694 g/mol. The minimum Gasteiger partial charge on any atom is -0.480 e. The zero-order valence-electron chi connectivity index (χ0n) is 29.9. The molecule has 10 heteroatoms. The van der Waals surface area contributed by atoms with E-state index in [0.717, 1.165) is 54.7 Å². The predicted molar refractivity (Wildman–Crippen MR) is 197 cm³/mol. The Morgan fingerprint density at radius 2 is 1.36 bits per heavy atom. The summed E-state index contributed by atoms with van der Waals surface area (Å²) >= 11 is 1.72. The number of hydrogen-bond donors (Lipinski definition) is 0. The van der Waals surface area contributed by atoms with Crippen LogP contribution in [-0.4, -0.2) is 43.8 Å². The predicted octanol–water partition coefficient (Wildman–Crippen LogP) is 8.48. The molecule has 50 heavy (non-hydrogen) atoms. The van der Waals surface area contributed by atoms with Crippen LogP contribution in [0.1, 0.15) is 93.7 Å². The maximum absolute atomic E-state index is 11.3. The van der Waals surface area contributed by atoms with E-state index in [9.17, 15) is 25.4 Å². The highest BCUT2D eigenvalue weighted by atomic mass is 32.1. The van der Waals surface area contributed by atoms with Crippen LogP contribution in [0.5, 0.6) is 0 Å². The Balaban J connectivity index is 1.99. The number of esters is 2. The van der Waals surface area contributed by atoms with Crippen molar-refractivity contribution < 1.29 is 23.8 Å². The highest BCUT2D eigenvalue weighted by Gasteiger charge is 2.38. The molecule has 0 saturated carbocycles. The summed E-state index contributed by atoms with van der Waals surface area (Å²) < 4.78 is 16.3. The molecule has 9 nitrogen and oxygen atoms in total. The van der Waals surface area contributed by atoms with Crippen LogP contribution in [0.4, 0.5) is 5.69 Å². The molecule has 0 amide bonds. The molecule has 0 spiro atoms. The van der Waals surface area contributed by atoms with E-state index in [4.69, 9.17) is 14.2 Å². The minimum atomic E-state index is -0.882. The second-order valence-corrected chi connectivity index (χ2v) is 13.4. The van der Waals surface area contributed by atoms with Gasteiger partial charge in [0.05, 0.1) is 13.1 Å². The van der Waals surface area contributed by atoms with Crippen molar-refractivity contribution in [2.45, 2.75) is 85.7 Å². The number of hydrogen-bond acceptors (Lipinski definition) is 10. The fourth-order valence-corrected chi connectivity index (χ4v) is 6.85. The van der Waals surface area contributed by atoms with Gasteiger partial charge in [-0.2, -0.15) is 15.8 Å². The van der Waals surface area contributed by atoms with Gasteiger partial charge < -0.3 is 19.1 Å². The number of unbranched alkanes of at least 4 members (excludes halogenated alkanes) is 2. The Hall–Kier alpha value is -5.11. The maximum atomic E-state index is 11.3. The number of carbonyl (C=O) groups excluding carboxylic acids is 2. The van der Waals surface area contributed by atoms with E-state index < -0.39 is 5.60 Å². The van der Waals surface area contributed by atoms with Crippen molar-refractivity contribution in [2.24, 2.45) is 0 Å². The Labute approximate surface area is 300 Å². The van der Waals surface area contributed by atoms with Gasteiger partial charge in [0.2, 0.25) is 0 Å². The fourth-order valence-electron chi connectivity index (χ4n) is 5.64. The summed E-state index contributed by atoms with van der Waals surface area (Å²) in [5.74, 6) is -0.648. The second kappa shape index (κ2) is 19.2. The number of carbonyl (C=O) groups is 2. The van der Waals surface area contributed by atoms with E-state index >= 15 is 0 Å². The number of benzene rings is 1. The molecule has 3 rings (SSSR count). The van der Waals surface area contributed by atoms with Gasteiger partial charge in [0.1, 0.15) is 42.6 Å². The van der Waals surface area contributed by atoms with Crippen molar-refractivity contribution in [3.05, 3.63) is 79.3 Å². The van der Waals surface area contributed by atoms with Gasteiger partial charge in [-0.1, -0.05) is 51.0 Å². The quantitative estimate of drug-likeness (QED) is 0.118. The van der Waals surface area contributed by atoms with Gasteiger partial charge in [-0.3, -0.25) is 9.59 Å².